The number of likely N-dealkylation sites (tertiary alicyclic amines) is 1. The van der Waals surface area contributed by atoms with Crippen LogP contribution in [0, 0.1) is 18.8 Å². The quantitative estimate of drug-likeness (QED) is 0.779. The number of rotatable bonds is 6. The van der Waals surface area contributed by atoms with Gasteiger partial charge in [-0.25, -0.2) is 0 Å². The van der Waals surface area contributed by atoms with E-state index in [1.165, 1.54) is 12.0 Å². The van der Waals surface area contributed by atoms with E-state index in [-0.39, 0.29) is 11.5 Å². The summed E-state index contributed by atoms with van der Waals surface area (Å²) in [4.78, 5) is 15.1. The van der Waals surface area contributed by atoms with Crippen molar-refractivity contribution in [2.24, 2.45) is 18.9 Å². The van der Waals surface area contributed by atoms with Gasteiger partial charge in [-0.1, -0.05) is 11.6 Å². The second-order valence-electron chi connectivity index (χ2n) is 8.81. The molecule has 3 aliphatic heterocycles. The number of hydrogen-bond donors (Lipinski definition) is 1. The average Bonchev–Trinajstić information content (AvgIpc) is 3.33. The van der Waals surface area contributed by atoms with Gasteiger partial charge in [0, 0.05) is 50.8 Å². The summed E-state index contributed by atoms with van der Waals surface area (Å²) < 4.78 is 8.24. The maximum Gasteiger partial charge on any atom is 0.254 e. The largest absolute Gasteiger partial charge is 0.370 e. The Hall–Kier alpha value is -1.66. The van der Waals surface area contributed by atoms with Crippen molar-refractivity contribution in [3.05, 3.63) is 29.1 Å². The van der Waals surface area contributed by atoms with Crippen LogP contribution in [0.1, 0.15) is 49.2 Å². The minimum atomic E-state index is -0.0177. The smallest absolute Gasteiger partial charge is 0.254 e. The Labute approximate surface area is 161 Å². The van der Waals surface area contributed by atoms with Crippen LogP contribution in [0.15, 0.2) is 17.8 Å². The van der Waals surface area contributed by atoms with E-state index in [0.717, 1.165) is 38.2 Å². The molecule has 2 bridgehead atoms. The molecule has 6 nitrogen and oxygen atoms in total. The molecule has 1 aromatic rings. The zero-order valence-electron chi connectivity index (χ0n) is 17.0. The number of hydrogen-bond acceptors (Lipinski definition) is 4. The van der Waals surface area contributed by atoms with Gasteiger partial charge in [0.15, 0.2) is 0 Å². The third-order valence-corrected chi connectivity index (χ3v) is 6.83. The van der Waals surface area contributed by atoms with Crippen molar-refractivity contribution in [2.45, 2.75) is 51.7 Å². The topological polar surface area (TPSA) is 59.4 Å². The van der Waals surface area contributed by atoms with Crippen LogP contribution in [0.3, 0.4) is 0 Å². The fourth-order valence-corrected chi connectivity index (χ4v) is 5.29. The second kappa shape index (κ2) is 7.06. The number of carbonyl (C=O) groups is 1. The summed E-state index contributed by atoms with van der Waals surface area (Å²) in [7, 11) is 1.86. The molecule has 3 aliphatic rings. The molecule has 6 heteroatoms. The number of allylic oxidation sites excluding steroid dienone is 1. The van der Waals surface area contributed by atoms with Gasteiger partial charge >= 0.3 is 0 Å². The number of nitrogens with one attached hydrogen (secondary N) is 1. The maximum atomic E-state index is 12.6. The molecular formula is C21H32N4O2. The van der Waals surface area contributed by atoms with Gasteiger partial charge in [-0.05, 0) is 40.0 Å². The minimum Gasteiger partial charge on any atom is -0.370 e. The molecule has 0 unspecified atom stereocenters. The first-order valence-corrected chi connectivity index (χ1v) is 10.2. The zero-order chi connectivity index (χ0) is 19.2. The molecule has 4 rings (SSSR count). The van der Waals surface area contributed by atoms with Gasteiger partial charge in [0.1, 0.15) is 0 Å². The van der Waals surface area contributed by atoms with E-state index >= 15 is 0 Å². The predicted molar refractivity (Wildman–Crippen MR) is 105 cm³/mol. The van der Waals surface area contributed by atoms with Gasteiger partial charge in [-0.15, -0.1) is 0 Å². The summed E-state index contributed by atoms with van der Waals surface area (Å²) in [5.41, 5.74) is 3.00. The number of aromatic nitrogens is 2. The third-order valence-electron chi connectivity index (χ3n) is 6.83. The Kier molecular flexibility index (Phi) is 4.89. The standard InChI is InChI=1S/C21H32N4O2/c1-14(2)6-5-9-25-12-18-17(19-7-8-21(18,13-25)27-19)10-22-20(26)16-11-23-24(4)15(16)3/h6,11,17-19H,5,7-10,12-13H2,1-4H3,(H,22,26)/t17-,18+,19+,21+/m0/s1. The first-order chi connectivity index (χ1) is 12.9. The van der Waals surface area contributed by atoms with Crippen molar-refractivity contribution in [2.75, 3.05) is 26.2 Å². The molecule has 3 fully saturated rings. The second-order valence-corrected chi connectivity index (χ2v) is 8.81. The van der Waals surface area contributed by atoms with Crippen molar-refractivity contribution in [1.82, 2.24) is 20.0 Å². The fourth-order valence-electron chi connectivity index (χ4n) is 5.29. The van der Waals surface area contributed by atoms with Crippen molar-refractivity contribution >= 4 is 5.91 Å². The number of aryl methyl sites for hydroxylation is 1. The van der Waals surface area contributed by atoms with E-state index in [1.807, 2.05) is 14.0 Å². The molecular weight excluding hydrogens is 340 g/mol. The van der Waals surface area contributed by atoms with Crippen LogP contribution in [0.2, 0.25) is 0 Å². The SMILES string of the molecule is CC(C)=CCCN1C[C@@H]2[C@H](CNC(=O)c3cnn(C)c3C)[C@H]3CC[C@]2(C1)O3. The molecule has 1 amide bonds. The Morgan fingerprint density at radius 2 is 2.30 bits per heavy atom. The lowest BCUT2D eigenvalue weighted by Crippen LogP contribution is -2.42. The van der Waals surface area contributed by atoms with Crippen LogP contribution in [0.25, 0.3) is 0 Å². The number of nitrogens with zero attached hydrogens (tertiary/aromatic N) is 3. The highest BCUT2D eigenvalue weighted by atomic mass is 16.5. The lowest BCUT2D eigenvalue weighted by atomic mass is 9.73. The van der Waals surface area contributed by atoms with Crippen LogP contribution in [0.4, 0.5) is 0 Å². The molecule has 4 atom stereocenters. The Morgan fingerprint density at radius 1 is 1.48 bits per heavy atom. The molecule has 0 saturated carbocycles. The highest BCUT2D eigenvalue weighted by Gasteiger charge is 2.62. The number of fused-ring (bicyclic) bond motifs is 1. The summed E-state index contributed by atoms with van der Waals surface area (Å²) >= 11 is 0. The highest BCUT2D eigenvalue weighted by Crippen LogP contribution is 2.54. The van der Waals surface area contributed by atoms with Crippen LogP contribution >= 0.6 is 0 Å². The molecule has 27 heavy (non-hydrogen) atoms. The monoisotopic (exact) mass is 372 g/mol. The normalized spacial score (nSPS) is 31.9. The van der Waals surface area contributed by atoms with E-state index < -0.39 is 0 Å². The van der Waals surface area contributed by atoms with E-state index in [2.05, 4.69) is 35.2 Å². The van der Waals surface area contributed by atoms with Crippen molar-refractivity contribution in [3.63, 3.8) is 0 Å². The van der Waals surface area contributed by atoms with Gasteiger partial charge in [-0.2, -0.15) is 5.10 Å². The van der Waals surface area contributed by atoms with Gasteiger partial charge < -0.3 is 10.1 Å². The number of amides is 1. The molecule has 1 spiro atoms. The number of carbonyl (C=O) groups excluding carboxylic acids is 1. The van der Waals surface area contributed by atoms with Crippen LogP contribution in [0.5, 0.6) is 0 Å². The lowest BCUT2D eigenvalue weighted by Gasteiger charge is -2.29. The van der Waals surface area contributed by atoms with Crippen LogP contribution in [-0.4, -0.2) is 58.5 Å². The van der Waals surface area contributed by atoms with Gasteiger partial charge in [0.05, 0.1) is 23.5 Å². The third kappa shape index (κ3) is 3.34. The minimum absolute atomic E-state index is 0.0177. The maximum absolute atomic E-state index is 12.6. The zero-order valence-corrected chi connectivity index (χ0v) is 17.0. The molecule has 1 N–H and O–H groups in total. The highest BCUT2D eigenvalue weighted by molar-refractivity contribution is 5.95. The van der Waals surface area contributed by atoms with Gasteiger partial charge in [-0.3, -0.25) is 14.4 Å². The summed E-state index contributed by atoms with van der Waals surface area (Å²) in [6, 6.07) is 0. The average molecular weight is 373 g/mol. The molecule has 0 radical (unpaired) electrons. The number of ether oxygens (including phenoxy) is 1. The van der Waals surface area contributed by atoms with Crippen LogP contribution < -0.4 is 5.32 Å². The van der Waals surface area contributed by atoms with E-state index in [4.69, 9.17) is 4.74 Å². The molecule has 0 aliphatic carbocycles. The Morgan fingerprint density at radius 3 is 3.00 bits per heavy atom. The van der Waals surface area contributed by atoms with Crippen LogP contribution in [-0.2, 0) is 11.8 Å². The van der Waals surface area contributed by atoms with Crippen molar-refractivity contribution < 1.29 is 9.53 Å². The summed E-state index contributed by atoms with van der Waals surface area (Å²) in [5.74, 6) is 0.946. The Balaban J connectivity index is 1.37. The Bertz CT molecular complexity index is 751. The molecule has 3 saturated heterocycles. The molecule has 1 aromatic heterocycles. The lowest BCUT2D eigenvalue weighted by molar-refractivity contribution is 0.00290. The van der Waals surface area contributed by atoms with Crippen molar-refractivity contribution in [1.29, 1.82) is 0 Å². The van der Waals surface area contributed by atoms with Gasteiger partial charge in [0.25, 0.3) is 5.91 Å². The predicted octanol–water partition coefficient (Wildman–Crippen LogP) is 2.29. The first kappa shape index (κ1) is 18.7. The van der Waals surface area contributed by atoms with E-state index in [0.29, 0.717) is 30.0 Å². The molecule has 0 aromatic carbocycles. The summed E-state index contributed by atoms with van der Waals surface area (Å²) in [5, 5.41) is 7.34. The van der Waals surface area contributed by atoms with Crippen molar-refractivity contribution in [3.8, 4) is 0 Å². The van der Waals surface area contributed by atoms with E-state index in [1.54, 1.807) is 10.9 Å². The molecule has 148 valence electrons. The van der Waals surface area contributed by atoms with E-state index in [9.17, 15) is 4.79 Å². The summed E-state index contributed by atoms with van der Waals surface area (Å²) in [6.45, 7) is 10.2. The molecule has 4 heterocycles. The first-order valence-electron chi connectivity index (χ1n) is 10.2. The summed E-state index contributed by atoms with van der Waals surface area (Å²) in [6.07, 6.45) is 7.70. The fraction of sp³-hybridized carbons (Fsp3) is 0.714. The van der Waals surface area contributed by atoms with Gasteiger partial charge in [0.2, 0.25) is 0 Å².